The van der Waals surface area contributed by atoms with Gasteiger partial charge in [0.1, 0.15) is 5.01 Å². The van der Waals surface area contributed by atoms with Crippen molar-refractivity contribution in [3.05, 3.63) is 45.9 Å². The minimum atomic E-state index is -0.0262. The van der Waals surface area contributed by atoms with Gasteiger partial charge < -0.3 is 10.6 Å². The van der Waals surface area contributed by atoms with Crippen molar-refractivity contribution < 1.29 is 4.79 Å². The molecule has 7 heteroatoms. The Morgan fingerprint density at radius 2 is 2.27 bits per heavy atom. The van der Waals surface area contributed by atoms with Crippen molar-refractivity contribution >= 4 is 47.7 Å². The summed E-state index contributed by atoms with van der Waals surface area (Å²) < 4.78 is 0. The van der Waals surface area contributed by atoms with E-state index in [2.05, 4.69) is 22.5 Å². The normalized spacial score (nSPS) is 13.1. The number of hydrogen-bond donors (Lipinski definition) is 2. The van der Waals surface area contributed by atoms with Gasteiger partial charge in [-0.25, -0.2) is 4.98 Å². The highest BCUT2D eigenvalue weighted by molar-refractivity contribution is 7.09. The molecule has 0 saturated heterocycles. The minimum Gasteiger partial charge on any atom is -0.384 e. The Hall–Kier alpha value is -1.30. The maximum absolute atomic E-state index is 12.4. The first-order valence-corrected chi connectivity index (χ1v) is 7.73. The monoisotopic (exact) mass is 359 g/mol. The molecule has 3 rings (SSSR count). The van der Waals surface area contributed by atoms with Crippen molar-refractivity contribution in [2.75, 3.05) is 11.9 Å². The second-order valence-corrected chi connectivity index (χ2v) is 5.78. The van der Waals surface area contributed by atoms with E-state index in [9.17, 15) is 4.79 Å². The molecule has 0 radical (unpaired) electrons. The Morgan fingerprint density at radius 1 is 1.45 bits per heavy atom. The minimum absolute atomic E-state index is 0. The molecule has 2 N–H and O–H groups in total. The van der Waals surface area contributed by atoms with E-state index in [4.69, 9.17) is 0 Å². The molecule has 4 nitrogen and oxygen atoms in total. The molecule has 2 aromatic rings. The van der Waals surface area contributed by atoms with E-state index in [1.165, 1.54) is 5.56 Å². The van der Waals surface area contributed by atoms with Crippen molar-refractivity contribution in [1.82, 2.24) is 10.3 Å². The lowest BCUT2D eigenvalue weighted by Gasteiger charge is -2.14. The summed E-state index contributed by atoms with van der Waals surface area (Å²) in [6, 6.07) is 5.84. The van der Waals surface area contributed by atoms with Crippen molar-refractivity contribution in [3.8, 4) is 0 Å². The van der Waals surface area contributed by atoms with E-state index in [-0.39, 0.29) is 36.8 Å². The van der Waals surface area contributed by atoms with Gasteiger partial charge in [-0.2, -0.15) is 0 Å². The number of thiazole rings is 1. The summed E-state index contributed by atoms with van der Waals surface area (Å²) in [7, 11) is 0. The number of halogens is 2. The topological polar surface area (TPSA) is 54.0 Å². The molecule has 22 heavy (non-hydrogen) atoms. The summed E-state index contributed by atoms with van der Waals surface area (Å²) in [5.41, 5.74) is 3.09. The molecule has 0 saturated carbocycles. The highest BCUT2D eigenvalue weighted by Crippen LogP contribution is 2.24. The first-order chi connectivity index (χ1) is 9.78. The van der Waals surface area contributed by atoms with Gasteiger partial charge in [0.15, 0.2) is 0 Å². The maximum atomic E-state index is 12.4. The van der Waals surface area contributed by atoms with E-state index in [1.807, 2.05) is 23.6 Å². The number of aromatic nitrogens is 1. The van der Waals surface area contributed by atoms with Crippen LogP contribution in [0.5, 0.6) is 0 Å². The van der Waals surface area contributed by atoms with Gasteiger partial charge in [-0.3, -0.25) is 4.79 Å². The molecular weight excluding hydrogens is 341 g/mol. The molecule has 0 spiro atoms. The van der Waals surface area contributed by atoms with Crippen molar-refractivity contribution in [3.63, 3.8) is 0 Å². The zero-order chi connectivity index (χ0) is 13.9. The Morgan fingerprint density at radius 3 is 2.95 bits per heavy atom. The van der Waals surface area contributed by atoms with Crippen LogP contribution in [0.1, 0.15) is 40.3 Å². The number of rotatable bonds is 4. The Labute approximate surface area is 146 Å². The van der Waals surface area contributed by atoms with Crippen LogP contribution in [0.25, 0.3) is 0 Å². The number of carbonyl (C=O) groups is 1. The largest absolute Gasteiger partial charge is 0.384 e. The molecule has 1 amide bonds. The number of benzene rings is 1. The van der Waals surface area contributed by atoms with Crippen LogP contribution in [0.4, 0.5) is 5.69 Å². The van der Waals surface area contributed by atoms with Crippen LogP contribution in [-0.4, -0.2) is 17.4 Å². The number of fused-ring (bicyclic) bond motifs is 1. The average molecular weight is 360 g/mol. The van der Waals surface area contributed by atoms with Crippen LogP contribution in [0.2, 0.25) is 0 Å². The molecule has 0 aliphatic carbocycles. The van der Waals surface area contributed by atoms with Crippen LogP contribution >= 0.6 is 36.2 Å². The highest BCUT2D eigenvalue weighted by atomic mass is 35.5. The zero-order valence-electron chi connectivity index (χ0n) is 12.2. The number of nitrogens with one attached hydrogen (secondary N) is 2. The lowest BCUT2D eigenvalue weighted by molar-refractivity contribution is 0.0935. The summed E-state index contributed by atoms with van der Waals surface area (Å²) in [5, 5.41) is 9.26. The molecule has 1 aliphatic rings. The lowest BCUT2D eigenvalue weighted by atomic mass is 10.1. The van der Waals surface area contributed by atoms with Crippen LogP contribution in [0.15, 0.2) is 29.8 Å². The van der Waals surface area contributed by atoms with Gasteiger partial charge in [0.05, 0.1) is 6.04 Å². The third-order valence-electron chi connectivity index (χ3n) is 3.54. The molecule has 1 aliphatic heterocycles. The predicted molar refractivity (Wildman–Crippen MR) is 95.7 cm³/mol. The summed E-state index contributed by atoms with van der Waals surface area (Å²) in [6.45, 7) is 3.01. The van der Waals surface area contributed by atoms with Gasteiger partial charge >= 0.3 is 0 Å². The smallest absolute Gasteiger partial charge is 0.251 e. The van der Waals surface area contributed by atoms with Gasteiger partial charge in [-0.15, -0.1) is 36.2 Å². The first-order valence-electron chi connectivity index (χ1n) is 6.85. The molecule has 1 aromatic heterocycles. The van der Waals surface area contributed by atoms with E-state index >= 15 is 0 Å². The van der Waals surface area contributed by atoms with Gasteiger partial charge in [0.2, 0.25) is 0 Å². The standard InChI is InChI=1S/C15H17N3OS.2ClH/c1-2-12(15-17-7-8-20-15)18-14(19)11-3-4-13-10(9-11)5-6-16-13;;/h3-4,7-9,12,16H,2,5-6H2,1H3,(H,18,19);2*1H. The van der Waals surface area contributed by atoms with Gasteiger partial charge in [-0.05, 0) is 36.6 Å². The van der Waals surface area contributed by atoms with Gasteiger partial charge in [-0.1, -0.05) is 6.92 Å². The second-order valence-electron chi connectivity index (χ2n) is 4.85. The van der Waals surface area contributed by atoms with Crippen molar-refractivity contribution in [1.29, 1.82) is 0 Å². The maximum Gasteiger partial charge on any atom is 0.251 e. The second kappa shape index (κ2) is 8.36. The number of nitrogens with zero attached hydrogens (tertiary/aromatic N) is 1. The fourth-order valence-electron chi connectivity index (χ4n) is 2.43. The number of hydrogen-bond acceptors (Lipinski definition) is 4. The summed E-state index contributed by atoms with van der Waals surface area (Å²) in [4.78, 5) is 16.6. The van der Waals surface area contributed by atoms with E-state index < -0.39 is 0 Å². The fourth-order valence-corrected chi connectivity index (χ4v) is 3.21. The zero-order valence-corrected chi connectivity index (χ0v) is 14.6. The summed E-state index contributed by atoms with van der Waals surface area (Å²) in [5.74, 6) is -0.0262. The Bertz CT molecular complexity index is 619. The molecule has 2 heterocycles. The van der Waals surface area contributed by atoms with Gasteiger partial charge in [0, 0.05) is 29.4 Å². The molecule has 1 unspecified atom stereocenters. The Balaban J connectivity index is 0.00000121. The number of anilines is 1. The SMILES string of the molecule is CCC(NC(=O)c1ccc2c(c1)CCN2)c1nccs1.Cl.Cl. The van der Waals surface area contributed by atoms with Crippen LogP contribution in [0, 0.1) is 0 Å². The van der Waals surface area contributed by atoms with Gasteiger partial charge in [0.25, 0.3) is 5.91 Å². The predicted octanol–water partition coefficient (Wildman–Crippen LogP) is 3.84. The van der Waals surface area contributed by atoms with Crippen LogP contribution < -0.4 is 10.6 Å². The van der Waals surface area contributed by atoms with E-state index in [0.29, 0.717) is 0 Å². The Kier molecular flexibility index (Phi) is 7.13. The molecule has 0 bridgehead atoms. The first kappa shape index (κ1) is 18.7. The third kappa shape index (κ3) is 3.91. The molecular formula is C15H19Cl2N3OS. The number of carbonyl (C=O) groups excluding carboxylic acids is 1. The lowest BCUT2D eigenvalue weighted by Crippen LogP contribution is -2.28. The van der Waals surface area contributed by atoms with E-state index in [0.717, 1.165) is 35.6 Å². The molecule has 0 fully saturated rings. The van der Waals surface area contributed by atoms with E-state index in [1.54, 1.807) is 17.5 Å². The fraction of sp³-hybridized carbons (Fsp3) is 0.333. The summed E-state index contributed by atoms with van der Waals surface area (Å²) >= 11 is 1.58. The third-order valence-corrected chi connectivity index (χ3v) is 4.43. The van der Waals surface area contributed by atoms with Crippen LogP contribution in [-0.2, 0) is 6.42 Å². The molecule has 1 aromatic carbocycles. The summed E-state index contributed by atoms with van der Waals surface area (Å²) in [6.07, 6.45) is 3.60. The average Bonchev–Trinajstić information content (AvgIpc) is 3.14. The quantitative estimate of drug-likeness (QED) is 0.871. The molecule has 1 atom stereocenters. The number of amides is 1. The van der Waals surface area contributed by atoms with Crippen molar-refractivity contribution in [2.45, 2.75) is 25.8 Å². The highest BCUT2D eigenvalue weighted by Gasteiger charge is 2.18. The van der Waals surface area contributed by atoms with Crippen LogP contribution in [0.3, 0.4) is 0 Å². The van der Waals surface area contributed by atoms with Crippen molar-refractivity contribution in [2.24, 2.45) is 0 Å². The molecule has 120 valence electrons.